The van der Waals surface area contributed by atoms with E-state index in [-0.39, 0.29) is 17.2 Å². The van der Waals surface area contributed by atoms with Gasteiger partial charge < -0.3 is 9.67 Å². The van der Waals surface area contributed by atoms with Crippen molar-refractivity contribution in [3.63, 3.8) is 0 Å². The van der Waals surface area contributed by atoms with Gasteiger partial charge in [0, 0.05) is 29.1 Å². The fourth-order valence-corrected chi connectivity index (χ4v) is 4.68. The standard InChI is InChI=1S/C35H44N2O/c1-10-11-12-13-14-15-16-25(4)26(5)37-23-31(28-17-19-30(20-18-28)35(7,8)9)34-32(37)21-29(22-36-34)33(24(2)3)27(6)38/h12-23,26,38H,2,10-11H2,1,3-9H3/b13-12+,15-14-,25-16+,33-27+. The molecule has 1 aromatic carbocycles. The molecule has 1 atom stereocenters. The minimum Gasteiger partial charge on any atom is -0.512 e. The van der Waals surface area contributed by atoms with Crippen LogP contribution in [0.25, 0.3) is 27.7 Å². The summed E-state index contributed by atoms with van der Waals surface area (Å²) in [5, 5.41) is 10.4. The van der Waals surface area contributed by atoms with Crippen LogP contribution in [0.1, 0.15) is 85.4 Å². The van der Waals surface area contributed by atoms with Crippen LogP contribution in [0.15, 0.2) is 96.6 Å². The van der Waals surface area contributed by atoms with E-state index in [0.29, 0.717) is 0 Å². The van der Waals surface area contributed by atoms with E-state index in [0.717, 1.165) is 51.7 Å². The third kappa shape index (κ3) is 6.64. The van der Waals surface area contributed by atoms with Crippen LogP contribution in [0.2, 0.25) is 0 Å². The van der Waals surface area contributed by atoms with Crippen LogP contribution in [-0.4, -0.2) is 14.7 Å². The Kier molecular flexibility index (Phi) is 9.38. The molecule has 0 saturated carbocycles. The van der Waals surface area contributed by atoms with Gasteiger partial charge in [0.25, 0.3) is 0 Å². The number of hydrogen-bond acceptors (Lipinski definition) is 2. The summed E-state index contributed by atoms with van der Waals surface area (Å²) in [6, 6.07) is 11.1. The molecule has 0 radical (unpaired) electrons. The number of aliphatic hydroxyl groups excluding tert-OH is 1. The summed E-state index contributed by atoms with van der Waals surface area (Å²) in [5.74, 6) is 0.250. The van der Waals surface area contributed by atoms with Crippen molar-refractivity contribution < 1.29 is 5.11 Å². The summed E-state index contributed by atoms with van der Waals surface area (Å²) >= 11 is 0. The quantitative estimate of drug-likeness (QED) is 0.231. The Hall–Kier alpha value is -3.59. The van der Waals surface area contributed by atoms with Crippen molar-refractivity contribution in [2.45, 2.75) is 79.7 Å². The molecule has 0 saturated heterocycles. The number of rotatable bonds is 9. The molecule has 0 aliphatic heterocycles. The zero-order chi connectivity index (χ0) is 28.0. The lowest BCUT2D eigenvalue weighted by molar-refractivity contribution is 0.417. The molecule has 0 amide bonds. The number of benzene rings is 1. The second-order valence-electron chi connectivity index (χ2n) is 11.3. The number of pyridine rings is 1. The molecule has 2 aromatic heterocycles. The average Bonchev–Trinajstić information content (AvgIpc) is 3.23. The average molecular weight is 509 g/mol. The number of allylic oxidation sites excluding steroid dienone is 9. The zero-order valence-electron chi connectivity index (χ0n) is 24.5. The maximum Gasteiger partial charge on any atom is 0.0972 e. The van der Waals surface area contributed by atoms with E-state index >= 15 is 0 Å². The van der Waals surface area contributed by atoms with Crippen LogP contribution in [0.4, 0.5) is 0 Å². The van der Waals surface area contributed by atoms with E-state index < -0.39 is 0 Å². The van der Waals surface area contributed by atoms with Gasteiger partial charge in [0.15, 0.2) is 0 Å². The predicted molar refractivity (Wildman–Crippen MR) is 166 cm³/mol. The third-order valence-corrected chi connectivity index (χ3v) is 7.06. The van der Waals surface area contributed by atoms with Crippen molar-refractivity contribution in [1.29, 1.82) is 0 Å². The SMILES string of the molecule is C=C(C)/C(=C(/C)O)c1cnc2c(-c3ccc(C(C)(C)C)cc3)cn(C(C)/C(C)=C/C=C\C=C\CCC)c2c1. The van der Waals surface area contributed by atoms with E-state index in [9.17, 15) is 5.11 Å². The molecule has 0 fully saturated rings. The first-order valence-corrected chi connectivity index (χ1v) is 13.6. The highest BCUT2D eigenvalue weighted by atomic mass is 16.3. The molecule has 1 N–H and O–H groups in total. The molecule has 0 aliphatic carbocycles. The van der Waals surface area contributed by atoms with Crippen molar-refractivity contribution in [2.75, 3.05) is 0 Å². The van der Waals surface area contributed by atoms with Crippen LogP contribution in [0.3, 0.4) is 0 Å². The second kappa shape index (κ2) is 12.3. The molecule has 0 spiro atoms. The van der Waals surface area contributed by atoms with Gasteiger partial charge in [0.05, 0.1) is 22.8 Å². The maximum atomic E-state index is 10.4. The Labute approximate surface area is 229 Å². The lowest BCUT2D eigenvalue weighted by Gasteiger charge is -2.19. The Bertz CT molecular complexity index is 1400. The Morgan fingerprint density at radius 1 is 1.08 bits per heavy atom. The topological polar surface area (TPSA) is 38.1 Å². The molecule has 3 heteroatoms. The molecular weight excluding hydrogens is 464 g/mol. The fraction of sp³-hybridized carbons (Fsp3) is 0.343. The molecule has 200 valence electrons. The van der Waals surface area contributed by atoms with Gasteiger partial charge >= 0.3 is 0 Å². The van der Waals surface area contributed by atoms with Crippen LogP contribution in [0.5, 0.6) is 0 Å². The van der Waals surface area contributed by atoms with Gasteiger partial charge in [-0.15, -0.1) is 0 Å². The number of unbranched alkanes of at least 4 members (excludes halogenated alkanes) is 1. The highest BCUT2D eigenvalue weighted by Gasteiger charge is 2.19. The number of nitrogens with zero attached hydrogens (tertiary/aromatic N) is 2. The molecular formula is C35H44N2O. The summed E-state index contributed by atoms with van der Waals surface area (Å²) in [7, 11) is 0. The summed E-state index contributed by atoms with van der Waals surface area (Å²) in [6.07, 6.45) is 17.0. The summed E-state index contributed by atoms with van der Waals surface area (Å²) in [4.78, 5) is 4.93. The van der Waals surface area contributed by atoms with Crippen LogP contribution in [-0.2, 0) is 5.41 Å². The lowest BCUT2D eigenvalue weighted by atomic mass is 9.86. The molecule has 0 aliphatic rings. The lowest BCUT2D eigenvalue weighted by Crippen LogP contribution is -2.10. The smallest absolute Gasteiger partial charge is 0.0972 e. The molecule has 38 heavy (non-hydrogen) atoms. The van der Waals surface area contributed by atoms with Crippen molar-refractivity contribution in [3.05, 3.63) is 108 Å². The number of fused-ring (bicyclic) bond motifs is 1. The van der Waals surface area contributed by atoms with Gasteiger partial charge in [-0.05, 0) is 62.3 Å². The largest absolute Gasteiger partial charge is 0.512 e. The highest BCUT2D eigenvalue weighted by molar-refractivity contribution is 5.95. The van der Waals surface area contributed by atoms with E-state index in [1.165, 1.54) is 11.1 Å². The van der Waals surface area contributed by atoms with E-state index in [2.05, 4.69) is 120 Å². The number of hydrogen-bond donors (Lipinski definition) is 1. The van der Waals surface area contributed by atoms with Gasteiger partial charge in [0.1, 0.15) is 0 Å². The molecule has 3 rings (SSSR count). The van der Waals surface area contributed by atoms with Gasteiger partial charge in [-0.25, -0.2) is 0 Å². The van der Waals surface area contributed by atoms with Crippen molar-refractivity contribution >= 4 is 16.6 Å². The first kappa shape index (κ1) is 29.0. The predicted octanol–water partition coefficient (Wildman–Crippen LogP) is 10.3. The molecule has 3 nitrogen and oxygen atoms in total. The summed E-state index contributed by atoms with van der Waals surface area (Å²) < 4.78 is 2.30. The van der Waals surface area contributed by atoms with Crippen molar-refractivity contribution in [1.82, 2.24) is 9.55 Å². The van der Waals surface area contributed by atoms with E-state index in [4.69, 9.17) is 4.98 Å². The second-order valence-corrected chi connectivity index (χ2v) is 11.3. The van der Waals surface area contributed by atoms with Crippen molar-refractivity contribution in [2.24, 2.45) is 0 Å². The number of aromatic nitrogens is 2. The Morgan fingerprint density at radius 3 is 2.34 bits per heavy atom. The first-order valence-electron chi connectivity index (χ1n) is 13.6. The van der Waals surface area contributed by atoms with Gasteiger partial charge in [-0.1, -0.05) is 101 Å². The monoisotopic (exact) mass is 508 g/mol. The van der Waals surface area contributed by atoms with Crippen LogP contribution >= 0.6 is 0 Å². The zero-order valence-corrected chi connectivity index (χ0v) is 24.5. The van der Waals surface area contributed by atoms with Gasteiger partial charge in [-0.2, -0.15) is 0 Å². The fourth-order valence-electron chi connectivity index (χ4n) is 4.68. The molecule has 2 heterocycles. The van der Waals surface area contributed by atoms with Crippen LogP contribution < -0.4 is 0 Å². The number of aliphatic hydroxyl groups is 1. The first-order chi connectivity index (χ1) is 18.0. The van der Waals surface area contributed by atoms with E-state index in [1.54, 1.807) is 6.92 Å². The minimum atomic E-state index is 0.1000. The normalized spacial score (nSPS) is 14.5. The van der Waals surface area contributed by atoms with Crippen molar-refractivity contribution in [3.8, 4) is 11.1 Å². The minimum absolute atomic E-state index is 0.1000. The highest BCUT2D eigenvalue weighted by Crippen LogP contribution is 2.36. The van der Waals surface area contributed by atoms with Gasteiger partial charge in [0.2, 0.25) is 0 Å². The summed E-state index contributed by atoms with van der Waals surface area (Å²) in [5.41, 5.74) is 9.31. The Morgan fingerprint density at radius 2 is 1.76 bits per heavy atom. The molecule has 0 bridgehead atoms. The van der Waals surface area contributed by atoms with E-state index in [1.807, 2.05) is 13.1 Å². The maximum absolute atomic E-state index is 10.4. The molecule has 1 unspecified atom stereocenters. The Balaban J connectivity index is 2.16. The molecule has 3 aromatic rings. The third-order valence-electron chi connectivity index (χ3n) is 7.06. The van der Waals surface area contributed by atoms with Gasteiger partial charge in [-0.3, -0.25) is 4.98 Å². The summed E-state index contributed by atoms with van der Waals surface area (Å²) in [6.45, 7) is 21.0. The van der Waals surface area contributed by atoms with Crippen LogP contribution in [0, 0.1) is 0 Å².